The monoisotopic (exact) mass is 477 g/mol. The summed E-state index contributed by atoms with van der Waals surface area (Å²) in [5, 5.41) is 1.33. The predicted octanol–water partition coefficient (Wildman–Crippen LogP) is 7.00. The molecule has 0 saturated carbocycles. The summed E-state index contributed by atoms with van der Waals surface area (Å²) in [6, 6.07) is 20.9. The third kappa shape index (κ3) is 3.84. The number of benzene rings is 3. The van der Waals surface area contributed by atoms with Crippen LogP contribution in [0.2, 0.25) is 10.0 Å². The molecular weight excluding hydrogens is 457 g/mol. The van der Waals surface area contributed by atoms with Crippen LogP contribution in [0.5, 0.6) is 0 Å². The van der Waals surface area contributed by atoms with Gasteiger partial charge in [0.25, 0.3) is 0 Å². The second-order valence-corrected chi connectivity index (χ2v) is 9.03. The Bertz CT molecular complexity index is 1300. The van der Waals surface area contributed by atoms with Crippen LogP contribution >= 0.6 is 23.2 Å². The minimum Gasteiger partial charge on any atom is -0.449 e. The van der Waals surface area contributed by atoms with Crippen molar-refractivity contribution in [2.75, 3.05) is 11.5 Å². The van der Waals surface area contributed by atoms with Gasteiger partial charge in [0.05, 0.1) is 18.2 Å². The van der Waals surface area contributed by atoms with E-state index in [-0.39, 0.29) is 18.4 Å². The Morgan fingerprint density at radius 2 is 1.76 bits per heavy atom. The van der Waals surface area contributed by atoms with E-state index in [0.29, 0.717) is 15.7 Å². The Kier molecular flexibility index (Phi) is 5.73. The highest BCUT2D eigenvalue weighted by Gasteiger charge is 2.45. The molecule has 3 aromatic rings. The molecule has 2 atom stereocenters. The van der Waals surface area contributed by atoms with E-state index in [4.69, 9.17) is 27.9 Å². The van der Waals surface area contributed by atoms with Crippen molar-refractivity contribution in [1.29, 1.82) is 0 Å². The Hall–Kier alpha value is -3.08. The van der Waals surface area contributed by atoms with Crippen molar-refractivity contribution in [3.63, 3.8) is 0 Å². The zero-order valence-corrected chi connectivity index (χ0v) is 19.4. The molecule has 33 heavy (non-hydrogen) atoms. The fourth-order valence-electron chi connectivity index (χ4n) is 4.83. The number of anilines is 1. The van der Waals surface area contributed by atoms with Crippen molar-refractivity contribution in [2.45, 2.75) is 25.2 Å². The van der Waals surface area contributed by atoms with E-state index >= 15 is 0 Å². The van der Waals surface area contributed by atoms with Crippen molar-refractivity contribution >= 4 is 46.5 Å². The van der Waals surface area contributed by atoms with Gasteiger partial charge in [0.2, 0.25) is 5.91 Å². The van der Waals surface area contributed by atoms with E-state index in [1.54, 1.807) is 13.0 Å². The Morgan fingerprint density at radius 3 is 2.55 bits per heavy atom. The van der Waals surface area contributed by atoms with Gasteiger partial charge in [0, 0.05) is 16.0 Å². The zero-order chi connectivity index (χ0) is 23.1. The molecule has 0 radical (unpaired) electrons. The Labute approximate surface area is 202 Å². The third-order valence-electron chi connectivity index (χ3n) is 6.17. The number of fused-ring (bicyclic) bond motifs is 2. The Morgan fingerprint density at radius 1 is 0.970 bits per heavy atom. The molecule has 2 aliphatic rings. The van der Waals surface area contributed by atoms with Gasteiger partial charge < -0.3 is 4.74 Å². The molecule has 0 N–H and O–H groups in total. The van der Waals surface area contributed by atoms with Crippen LogP contribution in [0.3, 0.4) is 0 Å². The maximum atomic E-state index is 13.6. The first-order valence-corrected chi connectivity index (χ1v) is 11.6. The predicted molar refractivity (Wildman–Crippen MR) is 131 cm³/mol. The molecule has 2 unspecified atom stereocenters. The van der Waals surface area contributed by atoms with Crippen LogP contribution in [-0.4, -0.2) is 18.6 Å². The average Bonchev–Trinajstić information content (AvgIpc) is 3.27. The summed E-state index contributed by atoms with van der Waals surface area (Å²) in [5.41, 5.74) is 5.40. The highest BCUT2D eigenvalue weighted by molar-refractivity contribution is 6.31. The van der Waals surface area contributed by atoms with E-state index < -0.39 is 12.0 Å². The van der Waals surface area contributed by atoms with Gasteiger partial charge in [-0.2, -0.15) is 0 Å². The molecule has 166 valence electrons. The van der Waals surface area contributed by atoms with Gasteiger partial charge in [-0.1, -0.05) is 65.7 Å². The topological polar surface area (TPSA) is 46.6 Å². The minimum absolute atomic E-state index is 0.0313. The van der Waals surface area contributed by atoms with E-state index in [9.17, 15) is 9.59 Å². The number of halogens is 2. The number of hydrogen-bond donors (Lipinski definition) is 0. The van der Waals surface area contributed by atoms with Crippen LogP contribution in [0.25, 0.3) is 5.57 Å². The van der Waals surface area contributed by atoms with Gasteiger partial charge >= 0.3 is 6.09 Å². The smallest absolute Gasteiger partial charge is 0.421 e. The summed E-state index contributed by atoms with van der Waals surface area (Å²) >= 11 is 12.6. The number of hydrogen-bond acceptors (Lipinski definition) is 3. The van der Waals surface area contributed by atoms with E-state index in [0.717, 1.165) is 39.1 Å². The normalized spacial score (nSPS) is 18.7. The molecule has 6 heteroatoms. The first-order chi connectivity index (χ1) is 16.0. The second kappa shape index (κ2) is 8.69. The Balaban J connectivity index is 1.59. The lowest BCUT2D eigenvalue weighted by Crippen LogP contribution is -2.35. The summed E-state index contributed by atoms with van der Waals surface area (Å²) in [4.78, 5) is 27.4. The van der Waals surface area contributed by atoms with Gasteiger partial charge in [-0.3, -0.25) is 4.79 Å². The molecule has 1 aliphatic carbocycles. The summed E-state index contributed by atoms with van der Waals surface area (Å²) in [6.45, 7) is 1.92. The number of para-hydroxylation sites is 1. The second-order valence-electron chi connectivity index (χ2n) is 8.16. The number of amides is 2. The molecule has 1 heterocycles. The molecular formula is C27H21Cl2NO3. The first-order valence-electron chi connectivity index (χ1n) is 10.8. The van der Waals surface area contributed by atoms with E-state index in [2.05, 4.69) is 6.08 Å². The van der Waals surface area contributed by atoms with Crippen molar-refractivity contribution in [2.24, 2.45) is 0 Å². The zero-order valence-electron chi connectivity index (χ0n) is 17.9. The highest BCUT2D eigenvalue weighted by Crippen LogP contribution is 2.50. The number of allylic oxidation sites excluding steroid dienone is 1. The van der Waals surface area contributed by atoms with E-state index in [1.165, 1.54) is 0 Å². The number of carbonyl (C=O) groups is 2. The van der Waals surface area contributed by atoms with E-state index in [1.807, 2.05) is 60.7 Å². The molecule has 0 fully saturated rings. The molecule has 2 amide bonds. The molecule has 5 rings (SSSR count). The molecule has 0 saturated heterocycles. The molecule has 0 spiro atoms. The standard InChI is InChI=1S/C27H21Cl2NO3/c1-2-33-27(32)30-24-9-4-3-8-21(24)25(26(30)31)23-14-17(12-16-6-5-7-18(28)13-16)22-15-19(29)10-11-20(22)23/h3-11,13-15,17,25H,2,12H2,1H3. The van der Waals surface area contributed by atoms with Gasteiger partial charge in [0.15, 0.2) is 0 Å². The van der Waals surface area contributed by atoms with Gasteiger partial charge in [0.1, 0.15) is 0 Å². The fourth-order valence-corrected chi connectivity index (χ4v) is 5.22. The quantitative estimate of drug-likeness (QED) is 0.406. The maximum Gasteiger partial charge on any atom is 0.421 e. The van der Waals surface area contributed by atoms with Crippen LogP contribution in [0.15, 0.2) is 72.8 Å². The van der Waals surface area contributed by atoms with Crippen molar-refractivity contribution in [1.82, 2.24) is 0 Å². The number of ether oxygens (including phenoxy) is 1. The largest absolute Gasteiger partial charge is 0.449 e. The maximum absolute atomic E-state index is 13.6. The summed E-state index contributed by atoms with van der Waals surface area (Å²) in [7, 11) is 0. The van der Waals surface area contributed by atoms with Crippen LogP contribution < -0.4 is 4.90 Å². The third-order valence-corrected chi connectivity index (χ3v) is 6.64. The number of nitrogens with zero attached hydrogens (tertiary/aromatic N) is 1. The van der Waals surface area contributed by atoms with Crippen LogP contribution in [0.4, 0.5) is 10.5 Å². The van der Waals surface area contributed by atoms with Crippen molar-refractivity contribution in [3.05, 3.63) is 105 Å². The lowest BCUT2D eigenvalue weighted by molar-refractivity contribution is -0.117. The molecule has 3 aromatic carbocycles. The molecule has 0 aromatic heterocycles. The van der Waals surface area contributed by atoms with Gasteiger partial charge in [-0.25, -0.2) is 9.69 Å². The van der Waals surface area contributed by atoms with Crippen molar-refractivity contribution in [3.8, 4) is 0 Å². The average molecular weight is 478 g/mol. The SMILES string of the molecule is CCOC(=O)N1C(=O)C(C2=CC(Cc3cccc(Cl)c3)c3cc(Cl)ccc32)c2ccccc21. The fraction of sp³-hybridized carbons (Fsp3) is 0.185. The van der Waals surface area contributed by atoms with Crippen LogP contribution in [0.1, 0.15) is 41.0 Å². The van der Waals surface area contributed by atoms with Crippen LogP contribution in [0, 0.1) is 0 Å². The lowest BCUT2D eigenvalue weighted by atomic mass is 9.89. The number of carbonyl (C=O) groups excluding carboxylic acids is 2. The minimum atomic E-state index is -0.650. The summed E-state index contributed by atoms with van der Waals surface area (Å²) in [6.07, 6.45) is 2.21. The number of imide groups is 1. The first kappa shape index (κ1) is 21.7. The summed E-state index contributed by atoms with van der Waals surface area (Å²) < 4.78 is 5.18. The summed E-state index contributed by atoms with van der Waals surface area (Å²) in [5.74, 6) is -0.858. The van der Waals surface area contributed by atoms with Crippen LogP contribution in [-0.2, 0) is 16.0 Å². The molecule has 0 bridgehead atoms. The van der Waals surface area contributed by atoms with Crippen molar-refractivity contribution < 1.29 is 14.3 Å². The molecule has 4 nitrogen and oxygen atoms in total. The lowest BCUT2D eigenvalue weighted by Gasteiger charge is -2.16. The van der Waals surface area contributed by atoms with Gasteiger partial charge in [-0.05, 0) is 71.5 Å². The van der Waals surface area contributed by atoms with Gasteiger partial charge in [-0.15, -0.1) is 0 Å². The highest BCUT2D eigenvalue weighted by atomic mass is 35.5. The molecule has 1 aliphatic heterocycles. The number of rotatable bonds is 4.